The summed E-state index contributed by atoms with van der Waals surface area (Å²) in [6.45, 7) is 0. The molecule has 0 aliphatic heterocycles. The van der Waals surface area contributed by atoms with Gasteiger partial charge in [-0.05, 0) is 29.8 Å². The molecule has 1 heterocycles. The minimum absolute atomic E-state index is 0.0896. The highest BCUT2D eigenvalue weighted by atomic mass is 32.2. The second-order valence-electron chi connectivity index (χ2n) is 6.45. The number of hydrogen-bond donors (Lipinski definition) is 2. The molecule has 13 heteroatoms. The van der Waals surface area contributed by atoms with Crippen molar-refractivity contribution in [2.45, 2.75) is 11.3 Å². The van der Waals surface area contributed by atoms with Crippen LogP contribution in [0.2, 0.25) is 0 Å². The van der Waals surface area contributed by atoms with Crippen molar-refractivity contribution in [2.75, 3.05) is 11.6 Å². The molecular weight excluding hydrogens is 456 g/mol. The van der Waals surface area contributed by atoms with E-state index in [1.807, 2.05) is 0 Å². The quantitative estimate of drug-likeness (QED) is 0.428. The van der Waals surface area contributed by atoms with Gasteiger partial charge in [-0.25, -0.2) is 27.6 Å². The van der Waals surface area contributed by atoms with E-state index in [9.17, 15) is 30.8 Å². The first kappa shape index (κ1) is 22.9. The molecule has 0 atom stereocenters. The average Bonchev–Trinajstić information content (AvgIpc) is 2.69. The van der Waals surface area contributed by atoms with Crippen molar-refractivity contribution in [3.05, 3.63) is 60.0 Å². The molecule has 1 aromatic heterocycles. The molecule has 1 amide bonds. The number of carbonyl (C=O) groups excluding carboxylic acids is 1. The topological polar surface area (TPSA) is 124 Å². The molecule has 8 nitrogen and oxygen atoms in total. The zero-order chi connectivity index (χ0) is 23.7. The molecule has 0 unspecified atom stereocenters. The number of alkyl halides is 3. The van der Waals surface area contributed by atoms with Crippen LogP contribution in [-0.2, 0) is 16.0 Å². The van der Waals surface area contributed by atoms with E-state index in [1.165, 1.54) is 0 Å². The van der Waals surface area contributed by atoms with E-state index in [0.717, 1.165) is 54.9 Å². The van der Waals surface area contributed by atoms with E-state index in [-0.39, 0.29) is 28.4 Å². The summed E-state index contributed by atoms with van der Waals surface area (Å²) in [7, 11) is -3.87. The predicted molar refractivity (Wildman–Crippen MR) is 105 cm³/mol. The smallest absolute Gasteiger partial charge is 0.410 e. The van der Waals surface area contributed by atoms with Crippen LogP contribution in [0.15, 0.2) is 53.8 Å². The second-order valence-corrected chi connectivity index (χ2v) is 8.36. The molecule has 3 aromatic rings. The van der Waals surface area contributed by atoms with Gasteiger partial charge in [0.25, 0.3) is 0 Å². The third-order valence-corrected chi connectivity index (χ3v) is 4.89. The SMILES string of the molecule is CS(=O)(=O)c1ncc(-c2ccc(C(F)(F)F)cc2)c(Nc2cc(OC(N)=O)ccc2F)n1. The zero-order valence-corrected chi connectivity index (χ0v) is 17.0. The lowest BCUT2D eigenvalue weighted by molar-refractivity contribution is -0.137. The number of sulfone groups is 1. The number of amides is 1. The van der Waals surface area contributed by atoms with Crippen molar-refractivity contribution in [3.8, 4) is 16.9 Å². The van der Waals surface area contributed by atoms with Gasteiger partial charge >= 0.3 is 12.3 Å². The third kappa shape index (κ3) is 5.29. The number of rotatable bonds is 5. The van der Waals surface area contributed by atoms with E-state index in [2.05, 4.69) is 20.0 Å². The molecule has 0 saturated carbocycles. The molecule has 2 aromatic carbocycles. The highest BCUT2D eigenvalue weighted by Gasteiger charge is 2.30. The van der Waals surface area contributed by atoms with Gasteiger partial charge in [-0.2, -0.15) is 13.2 Å². The summed E-state index contributed by atoms with van der Waals surface area (Å²) in [5, 5.41) is 1.97. The van der Waals surface area contributed by atoms with Gasteiger partial charge in [0.05, 0.1) is 11.3 Å². The number of halogens is 4. The number of hydrogen-bond acceptors (Lipinski definition) is 7. The number of aromatic nitrogens is 2. The van der Waals surface area contributed by atoms with Crippen molar-refractivity contribution < 1.29 is 35.5 Å². The fraction of sp³-hybridized carbons (Fsp3) is 0.105. The van der Waals surface area contributed by atoms with Gasteiger partial charge in [-0.15, -0.1) is 0 Å². The summed E-state index contributed by atoms with van der Waals surface area (Å²) in [6.07, 6.45) is -3.77. The van der Waals surface area contributed by atoms with Crippen LogP contribution in [0.25, 0.3) is 11.1 Å². The van der Waals surface area contributed by atoms with Gasteiger partial charge in [0, 0.05) is 24.1 Å². The molecule has 0 spiro atoms. The summed E-state index contributed by atoms with van der Waals surface area (Å²) < 4.78 is 81.3. The Morgan fingerprint density at radius 2 is 1.78 bits per heavy atom. The van der Waals surface area contributed by atoms with Gasteiger partial charge in [-0.3, -0.25) is 0 Å². The summed E-state index contributed by atoms with van der Waals surface area (Å²) in [6, 6.07) is 7.07. The maximum absolute atomic E-state index is 14.3. The summed E-state index contributed by atoms with van der Waals surface area (Å²) in [5.74, 6) is -1.15. The Balaban J connectivity index is 2.10. The first-order chi connectivity index (χ1) is 14.8. The van der Waals surface area contributed by atoms with E-state index in [0.29, 0.717) is 0 Å². The normalized spacial score (nSPS) is 11.8. The Morgan fingerprint density at radius 3 is 2.34 bits per heavy atom. The van der Waals surface area contributed by atoms with Crippen LogP contribution in [0.5, 0.6) is 5.75 Å². The van der Waals surface area contributed by atoms with Gasteiger partial charge in [0.1, 0.15) is 17.4 Å². The van der Waals surface area contributed by atoms with Crippen LogP contribution in [0.4, 0.5) is 33.9 Å². The first-order valence-corrected chi connectivity index (χ1v) is 10.5. The molecule has 0 saturated heterocycles. The number of nitrogens with zero attached hydrogens (tertiary/aromatic N) is 2. The Hall–Kier alpha value is -3.74. The van der Waals surface area contributed by atoms with Crippen LogP contribution in [0, 0.1) is 5.82 Å². The standard InChI is InChI=1S/C19H14F4N4O4S/c1-32(29,30)18-25-9-13(10-2-4-11(5-3-10)19(21,22)23)16(27-18)26-15-8-12(31-17(24)28)6-7-14(15)20/h2-9H,1H3,(H2,24,28)(H,25,26,27). The lowest BCUT2D eigenvalue weighted by Crippen LogP contribution is -2.16. The minimum atomic E-state index is -4.56. The molecule has 168 valence electrons. The maximum Gasteiger partial charge on any atom is 0.416 e. The van der Waals surface area contributed by atoms with Crippen LogP contribution in [0.3, 0.4) is 0 Å². The fourth-order valence-electron chi connectivity index (χ4n) is 2.60. The monoisotopic (exact) mass is 470 g/mol. The highest BCUT2D eigenvalue weighted by molar-refractivity contribution is 7.90. The average molecular weight is 470 g/mol. The number of nitrogens with two attached hydrogens (primary N) is 1. The number of ether oxygens (including phenoxy) is 1. The number of nitrogens with one attached hydrogen (secondary N) is 1. The van der Waals surface area contributed by atoms with Crippen molar-refractivity contribution in [1.29, 1.82) is 0 Å². The van der Waals surface area contributed by atoms with E-state index >= 15 is 0 Å². The molecule has 32 heavy (non-hydrogen) atoms. The molecular formula is C19H14F4N4O4S. The van der Waals surface area contributed by atoms with E-state index in [4.69, 9.17) is 5.73 Å². The molecule has 3 rings (SSSR count). The van der Waals surface area contributed by atoms with E-state index < -0.39 is 38.6 Å². The van der Waals surface area contributed by atoms with Gasteiger partial charge in [0.15, 0.2) is 0 Å². The Kier molecular flexibility index (Phi) is 6.03. The summed E-state index contributed by atoms with van der Waals surface area (Å²) >= 11 is 0. The molecule has 0 radical (unpaired) electrons. The van der Waals surface area contributed by atoms with Crippen molar-refractivity contribution in [3.63, 3.8) is 0 Å². The van der Waals surface area contributed by atoms with Crippen LogP contribution in [0.1, 0.15) is 5.56 Å². The van der Waals surface area contributed by atoms with Crippen LogP contribution < -0.4 is 15.8 Å². The summed E-state index contributed by atoms with van der Waals surface area (Å²) in [5.41, 5.74) is 4.06. The predicted octanol–water partition coefficient (Wildman–Crippen LogP) is 3.91. The minimum Gasteiger partial charge on any atom is -0.410 e. The zero-order valence-electron chi connectivity index (χ0n) is 16.1. The summed E-state index contributed by atoms with van der Waals surface area (Å²) in [4.78, 5) is 18.6. The first-order valence-electron chi connectivity index (χ1n) is 8.63. The van der Waals surface area contributed by atoms with Gasteiger partial charge in [0.2, 0.25) is 15.0 Å². The van der Waals surface area contributed by atoms with Gasteiger partial charge in [-0.1, -0.05) is 12.1 Å². The Morgan fingerprint density at radius 1 is 1.12 bits per heavy atom. The molecule has 0 aliphatic rings. The Bertz CT molecular complexity index is 1280. The molecule has 0 fully saturated rings. The third-order valence-electron chi connectivity index (χ3n) is 4.03. The molecule has 0 bridgehead atoms. The Labute approximate surface area is 179 Å². The van der Waals surface area contributed by atoms with Crippen molar-refractivity contribution >= 4 is 27.4 Å². The largest absolute Gasteiger partial charge is 0.416 e. The lowest BCUT2D eigenvalue weighted by Gasteiger charge is -2.14. The maximum atomic E-state index is 14.3. The number of anilines is 2. The number of primary amides is 1. The van der Waals surface area contributed by atoms with Crippen molar-refractivity contribution in [1.82, 2.24) is 9.97 Å². The lowest BCUT2D eigenvalue weighted by atomic mass is 10.1. The number of carbonyl (C=O) groups is 1. The van der Waals surface area contributed by atoms with E-state index in [1.54, 1.807) is 0 Å². The highest BCUT2D eigenvalue weighted by Crippen LogP contribution is 2.34. The molecule has 0 aliphatic carbocycles. The van der Waals surface area contributed by atoms with Crippen LogP contribution >= 0.6 is 0 Å². The van der Waals surface area contributed by atoms with Crippen molar-refractivity contribution in [2.24, 2.45) is 5.73 Å². The van der Waals surface area contributed by atoms with Gasteiger partial charge < -0.3 is 15.8 Å². The second kappa shape index (κ2) is 8.42. The molecule has 3 N–H and O–H groups in total. The van der Waals surface area contributed by atoms with Crippen LogP contribution in [-0.4, -0.2) is 30.7 Å². The fourth-order valence-corrected chi connectivity index (χ4v) is 3.10. The number of benzene rings is 2.